The normalized spacial score (nSPS) is 12.2. The van der Waals surface area contributed by atoms with Crippen LogP contribution in [0.1, 0.15) is 31.0 Å². The molecule has 0 aliphatic carbocycles. The van der Waals surface area contributed by atoms with Gasteiger partial charge in [-0.1, -0.05) is 36.7 Å². The topological polar surface area (TPSA) is 15.3 Å². The SMILES string of the molecule is CCc1ccc(N(C)c2ccc(C(C)NC)c(Cl)c2)cc1. The highest BCUT2D eigenvalue weighted by Gasteiger charge is 2.10. The van der Waals surface area contributed by atoms with Gasteiger partial charge in [0, 0.05) is 29.5 Å². The van der Waals surface area contributed by atoms with Crippen LogP contribution in [0.2, 0.25) is 5.02 Å². The van der Waals surface area contributed by atoms with Gasteiger partial charge in [0.05, 0.1) is 0 Å². The van der Waals surface area contributed by atoms with Crippen molar-refractivity contribution < 1.29 is 0 Å². The van der Waals surface area contributed by atoms with Gasteiger partial charge in [0.25, 0.3) is 0 Å². The Morgan fingerprint density at radius 1 is 1.10 bits per heavy atom. The van der Waals surface area contributed by atoms with Crippen LogP contribution in [0.3, 0.4) is 0 Å². The quantitative estimate of drug-likeness (QED) is 0.840. The molecule has 0 fully saturated rings. The van der Waals surface area contributed by atoms with E-state index < -0.39 is 0 Å². The molecule has 0 amide bonds. The van der Waals surface area contributed by atoms with Crippen LogP contribution >= 0.6 is 11.6 Å². The minimum absolute atomic E-state index is 0.251. The second-order valence-electron chi connectivity index (χ2n) is 5.30. The molecule has 1 N–H and O–H groups in total. The number of nitrogens with one attached hydrogen (secondary N) is 1. The Labute approximate surface area is 132 Å². The van der Waals surface area contributed by atoms with E-state index in [1.807, 2.05) is 13.1 Å². The molecule has 1 unspecified atom stereocenters. The van der Waals surface area contributed by atoms with Crippen LogP contribution in [-0.4, -0.2) is 14.1 Å². The summed E-state index contributed by atoms with van der Waals surface area (Å²) in [4.78, 5) is 2.15. The van der Waals surface area contributed by atoms with Crippen LogP contribution in [0.25, 0.3) is 0 Å². The summed E-state index contributed by atoms with van der Waals surface area (Å²) in [7, 11) is 4.00. The van der Waals surface area contributed by atoms with Crippen molar-refractivity contribution in [3.63, 3.8) is 0 Å². The zero-order chi connectivity index (χ0) is 15.4. The zero-order valence-electron chi connectivity index (χ0n) is 13.2. The lowest BCUT2D eigenvalue weighted by Crippen LogP contribution is -2.14. The summed E-state index contributed by atoms with van der Waals surface area (Å²) in [6.07, 6.45) is 1.06. The first kappa shape index (κ1) is 15.9. The molecule has 21 heavy (non-hydrogen) atoms. The van der Waals surface area contributed by atoms with Gasteiger partial charge < -0.3 is 10.2 Å². The Hall–Kier alpha value is -1.51. The molecule has 1 atom stereocenters. The maximum Gasteiger partial charge on any atom is 0.0474 e. The van der Waals surface area contributed by atoms with Gasteiger partial charge >= 0.3 is 0 Å². The standard InChI is InChI=1S/C18H23ClN2/c1-5-14-6-8-15(9-7-14)21(4)16-10-11-17(13(2)20-3)18(19)12-16/h6-13,20H,5H2,1-4H3. The smallest absolute Gasteiger partial charge is 0.0474 e. The monoisotopic (exact) mass is 302 g/mol. The van der Waals surface area contributed by atoms with Crippen molar-refractivity contribution in [3.8, 4) is 0 Å². The lowest BCUT2D eigenvalue weighted by Gasteiger charge is -2.22. The molecule has 0 aliphatic heterocycles. The first-order chi connectivity index (χ1) is 10.1. The van der Waals surface area contributed by atoms with Crippen LogP contribution in [0, 0.1) is 0 Å². The number of hydrogen-bond donors (Lipinski definition) is 1. The van der Waals surface area contributed by atoms with Gasteiger partial charge in [-0.15, -0.1) is 0 Å². The van der Waals surface area contributed by atoms with Crippen molar-refractivity contribution in [3.05, 3.63) is 58.6 Å². The molecule has 3 heteroatoms. The predicted octanol–water partition coefficient (Wildman–Crippen LogP) is 4.95. The largest absolute Gasteiger partial charge is 0.345 e. The fraction of sp³-hybridized carbons (Fsp3) is 0.333. The maximum atomic E-state index is 6.42. The number of nitrogens with zero attached hydrogens (tertiary/aromatic N) is 1. The highest BCUT2D eigenvalue weighted by Crippen LogP contribution is 2.30. The minimum atomic E-state index is 0.251. The molecule has 0 saturated carbocycles. The molecule has 112 valence electrons. The Kier molecular flexibility index (Phi) is 5.27. The summed E-state index contributed by atoms with van der Waals surface area (Å²) >= 11 is 6.42. The lowest BCUT2D eigenvalue weighted by atomic mass is 10.1. The first-order valence-corrected chi connectivity index (χ1v) is 7.74. The van der Waals surface area contributed by atoms with E-state index in [9.17, 15) is 0 Å². The zero-order valence-corrected chi connectivity index (χ0v) is 13.9. The Balaban J connectivity index is 2.26. The van der Waals surface area contributed by atoms with E-state index in [1.165, 1.54) is 5.56 Å². The molecule has 0 spiro atoms. The summed E-state index contributed by atoms with van der Waals surface area (Å²) in [5, 5.41) is 4.01. The van der Waals surface area contributed by atoms with E-state index in [1.54, 1.807) is 0 Å². The van der Waals surface area contributed by atoms with E-state index in [0.29, 0.717) is 0 Å². The van der Waals surface area contributed by atoms with Crippen molar-refractivity contribution in [1.29, 1.82) is 0 Å². The van der Waals surface area contributed by atoms with Crippen LogP contribution in [-0.2, 0) is 6.42 Å². The van der Waals surface area contributed by atoms with Gasteiger partial charge in [0.2, 0.25) is 0 Å². The van der Waals surface area contributed by atoms with Gasteiger partial charge in [-0.3, -0.25) is 0 Å². The minimum Gasteiger partial charge on any atom is -0.345 e. The van der Waals surface area contributed by atoms with Gasteiger partial charge in [-0.05, 0) is 55.8 Å². The number of hydrogen-bond acceptors (Lipinski definition) is 2. The van der Waals surface area contributed by atoms with Crippen molar-refractivity contribution in [2.75, 3.05) is 19.0 Å². The third-order valence-electron chi connectivity index (χ3n) is 4.00. The van der Waals surface area contributed by atoms with E-state index in [4.69, 9.17) is 11.6 Å². The van der Waals surface area contributed by atoms with Gasteiger partial charge in [0.15, 0.2) is 0 Å². The molecule has 0 bridgehead atoms. The summed E-state index contributed by atoms with van der Waals surface area (Å²) in [6.45, 7) is 4.27. The average molecular weight is 303 g/mol. The molecule has 2 rings (SSSR count). The van der Waals surface area contributed by atoms with Crippen LogP contribution < -0.4 is 10.2 Å². The molecule has 0 heterocycles. The fourth-order valence-electron chi connectivity index (χ4n) is 2.34. The first-order valence-electron chi connectivity index (χ1n) is 7.36. The second-order valence-corrected chi connectivity index (χ2v) is 5.70. The second kappa shape index (κ2) is 6.97. The van der Waals surface area contributed by atoms with Crippen molar-refractivity contribution in [2.24, 2.45) is 0 Å². The summed E-state index contributed by atoms with van der Waals surface area (Å²) in [5.74, 6) is 0. The van der Waals surface area contributed by atoms with E-state index in [-0.39, 0.29) is 6.04 Å². The van der Waals surface area contributed by atoms with E-state index >= 15 is 0 Å². The molecule has 2 nitrogen and oxygen atoms in total. The molecule has 2 aromatic rings. The van der Waals surface area contributed by atoms with Crippen molar-refractivity contribution >= 4 is 23.0 Å². The number of anilines is 2. The Morgan fingerprint density at radius 2 is 1.71 bits per heavy atom. The molecule has 0 aliphatic rings. The van der Waals surface area contributed by atoms with E-state index in [2.05, 4.69) is 67.5 Å². The molecule has 2 aromatic carbocycles. The molecule has 0 saturated heterocycles. The Morgan fingerprint density at radius 3 is 2.24 bits per heavy atom. The van der Waals surface area contributed by atoms with Crippen molar-refractivity contribution in [1.82, 2.24) is 5.32 Å². The lowest BCUT2D eigenvalue weighted by molar-refractivity contribution is 0.652. The third kappa shape index (κ3) is 3.58. The average Bonchev–Trinajstić information content (AvgIpc) is 2.53. The van der Waals surface area contributed by atoms with Gasteiger partial charge in [-0.25, -0.2) is 0 Å². The van der Waals surface area contributed by atoms with Gasteiger partial charge in [0.1, 0.15) is 0 Å². The number of aryl methyl sites for hydroxylation is 1. The highest BCUT2D eigenvalue weighted by atomic mass is 35.5. The summed E-state index contributed by atoms with van der Waals surface area (Å²) < 4.78 is 0. The molecular weight excluding hydrogens is 280 g/mol. The number of benzene rings is 2. The maximum absolute atomic E-state index is 6.42. The third-order valence-corrected chi connectivity index (χ3v) is 4.33. The summed E-state index contributed by atoms with van der Waals surface area (Å²) in [5.41, 5.74) is 4.73. The highest BCUT2D eigenvalue weighted by molar-refractivity contribution is 6.31. The number of halogens is 1. The molecule has 0 radical (unpaired) electrons. The molecular formula is C18H23ClN2. The van der Waals surface area contributed by atoms with Crippen LogP contribution in [0.15, 0.2) is 42.5 Å². The van der Waals surface area contributed by atoms with E-state index in [0.717, 1.165) is 28.4 Å². The van der Waals surface area contributed by atoms with Crippen LogP contribution in [0.5, 0.6) is 0 Å². The van der Waals surface area contributed by atoms with Gasteiger partial charge in [-0.2, -0.15) is 0 Å². The molecule has 0 aromatic heterocycles. The Bertz CT molecular complexity index is 593. The fourth-order valence-corrected chi connectivity index (χ4v) is 2.67. The summed E-state index contributed by atoms with van der Waals surface area (Å²) in [6, 6.07) is 15.1. The van der Waals surface area contributed by atoms with Crippen LogP contribution in [0.4, 0.5) is 11.4 Å². The predicted molar refractivity (Wildman–Crippen MR) is 92.8 cm³/mol. The van der Waals surface area contributed by atoms with Crippen molar-refractivity contribution in [2.45, 2.75) is 26.3 Å². The number of rotatable bonds is 5.